The van der Waals surface area contributed by atoms with Crippen LogP contribution in [0.3, 0.4) is 0 Å². The fraction of sp³-hybridized carbons (Fsp3) is 0.500. The van der Waals surface area contributed by atoms with Crippen molar-refractivity contribution in [2.75, 3.05) is 32.8 Å². The van der Waals surface area contributed by atoms with E-state index in [4.69, 9.17) is 24.2 Å². The molecule has 1 N–H and O–H groups in total. The minimum atomic E-state index is 0.447. The van der Waals surface area contributed by atoms with Gasteiger partial charge in [0.1, 0.15) is 23.1 Å². The monoisotopic (exact) mass is 355 g/mol. The zero-order chi connectivity index (χ0) is 17.9. The first-order valence-electron chi connectivity index (χ1n) is 9.22. The van der Waals surface area contributed by atoms with Crippen molar-refractivity contribution in [2.24, 2.45) is 0 Å². The molecule has 2 fully saturated rings. The molecule has 1 aliphatic heterocycles. The summed E-state index contributed by atoms with van der Waals surface area (Å²) in [7, 11) is 3.30. The van der Waals surface area contributed by atoms with E-state index in [9.17, 15) is 0 Å². The number of ether oxygens (including phenoxy) is 3. The molecule has 26 heavy (non-hydrogen) atoms. The summed E-state index contributed by atoms with van der Waals surface area (Å²) in [6, 6.07) is 7.80. The first-order chi connectivity index (χ1) is 12.8. The zero-order valence-corrected chi connectivity index (χ0v) is 15.3. The lowest BCUT2D eigenvalue weighted by Gasteiger charge is -2.22. The van der Waals surface area contributed by atoms with Gasteiger partial charge in [-0.15, -0.1) is 0 Å². The van der Waals surface area contributed by atoms with Crippen LogP contribution in [0.2, 0.25) is 0 Å². The van der Waals surface area contributed by atoms with E-state index in [1.165, 1.54) is 12.8 Å². The largest absolute Gasteiger partial charge is 0.497 e. The molecular weight excluding hydrogens is 330 g/mol. The topological polar surface area (TPSA) is 65.5 Å². The van der Waals surface area contributed by atoms with Crippen molar-refractivity contribution in [3.05, 3.63) is 35.8 Å². The third kappa shape index (κ3) is 3.75. The van der Waals surface area contributed by atoms with Crippen LogP contribution >= 0.6 is 0 Å². The highest BCUT2D eigenvalue weighted by Gasteiger charge is 2.29. The van der Waals surface area contributed by atoms with Crippen LogP contribution in [0, 0.1) is 0 Å². The van der Waals surface area contributed by atoms with Crippen LogP contribution in [-0.2, 0) is 4.74 Å². The van der Waals surface area contributed by atoms with Crippen molar-refractivity contribution in [3.63, 3.8) is 0 Å². The minimum Gasteiger partial charge on any atom is -0.497 e. The maximum Gasteiger partial charge on any atom is 0.146 e. The second-order valence-electron chi connectivity index (χ2n) is 6.89. The van der Waals surface area contributed by atoms with E-state index >= 15 is 0 Å². The van der Waals surface area contributed by atoms with Gasteiger partial charge in [0.15, 0.2) is 0 Å². The number of benzene rings is 1. The van der Waals surface area contributed by atoms with E-state index in [0.717, 1.165) is 60.6 Å². The standard InChI is InChI=1S/C20H25N3O3/c1-24-15-5-6-16(18(11-15)25-2)21-19-12-17(13-7-9-26-10-8-13)22-20(23-19)14-3-4-14/h5-6,11-14H,3-4,7-10H2,1-2H3,(H,21,22,23). The van der Waals surface area contributed by atoms with Crippen molar-refractivity contribution in [1.29, 1.82) is 0 Å². The Hall–Kier alpha value is -2.34. The molecule has 1 saturated heterocycles. The predicted molar refractivity (Wildman–Crippen MR) is 99.6 cm³/mol. The smallest absolute Gasteiger partial charge is 0.146 e. The van der Waals surface area contributed by atoms with Crippen molar-refractivity contribution in [3.8, 4) is 11.5 Å². The number of methoxy groups -OCH3 is 2. The molecule has 1 aliphatic carbocycles. The molecule has 1 aromatic heterocycles. The van der Waals surface area contributed by atoms with Gasteiger partial charge in [0, 0.05) is 42.9 Å². The summed E-state index contributed by atoms with van der Waals surface area (Å²) in [4.78, 5) is 9.64. The van der Waals surface area contributed by atoms with Gasteiger partial charge in [-0.1, -0.05) is 0 Å². The molecule has 0 unspecified atom stereocenters. The lowest BCUT2D eigenvalue weighted by molar-refractivity contribution is 0.0844. The third-order valence-corrected chi connectivity index (χ3v) is 5.02. The number of hydrogen-bond acceptors (Lipinski definition) is 6. The third-order valence-electron chi connectivity index (χ3n) is 5.02. The molecule has 4 rings (SSSR count). The molecule has 1 aromatic carbocycles. The van der Waals surface area contributed by atoms with Crippen LogP contribution in [0.4, 0.5) is 11.5 Å². The van der Waals surface area contributed by atoms with Crippen molar-refractivity contribution >= 4 is 11.5 Å². The molecule has 0 atom stereocenters. The Bertz CT molecular complexity index is 771. The summed E-state index contributed by atoms with van der Waals surface area (Å²) in [5.41, 5.74) is 1.99. The van der Waals surface area contributed by atoms with E-state index in [1.807, 2.05) is 18.2 Å². The highest BCUT2D eigenvalue weighted by atomic mass is 16.5. The number of anilines is 2. The van der Waals surface area contributed by atoms with Gasteiger partial charge in [-0.25, -0.2) is 9.97 Å². The van der Waals surface area contributed by atoms with Gasteiger partial charge in [-0.3, -0.25) is 0 Å². The number of rotatable bonds is 6. The Kier molecular flexibility index (Phi) is 4.93. The van der Waals surface area contributed by atoms with E-state index in [2.05, 4.69) is 11.4 Å². The maximum atomic E-state index is 5.50. The second kappa shape index (κ2) is 7.50. The SMILES string of the molecule is COc1ccc(Nc2cc(C3CCOCC3)nc(C3CC3)n2)c(OC)c1. The van der Waals surface area contributed by atoms with Crippen molar-refractivity contribution in [1.82, 2.24) is 9.97 Å². The molecule has 6 nitrogen and oxygen atoms in total. The van der Waals surface area contributed by atoms with Crippen LogP contribution in [0.15, 0.2) is 24.3 Å². The Labute approximate surface area is 153 Å². The first-order valence-corrected chi connectivity index (χ1v) is 9.22. The van der Waals surface area contributed by atoms with Crippen LogP contribution in [0.1, 0.15) is 49.0 Å². The Morgan fingerprint density at radius 1 is 0.962 bits per heavy atom. The summed E-state index contributed by atoms with van der Waals surface area (Å²) in [6.07, 6.45) is 4.41. The molecule has 1 saturated carbocycles. The normalized spacial score (nSPS) is 17.8. The Morgan fingerprint density at radius 3 is 2.46 bits per heavy atom. The fourth-order valence-corrected chi connectivity index (χ4v) is 3.32. The van der Waals surface area contributed by atoms with Gasteiger partial charge in [0.25, 0.3) is 0 Å². The molecule has 138 valence electrons. The van der Waals surface area contributed by atoms with Gasteiger partial charge >= 0.3 is 0 Å². The number of aromatic nitrogens is 2. The van der Waals surface area contributed by atoms with Gasteiger partial charge in [-0.05, 0) is 37.8 Å². The Morgan fingerprint density at radius 2 is 1.77 bits per heavy atom. The molecule has 0 bridgehead atoms. The fourth-order valence-electron chi connectivity index (χ4n) is 3.32. The average molecular weight is 355 g/mol. The zero-order valence-electron chi connectivity index (χ0n) is 15.3. The van der Waals surface area contributed by atoms with E-state index in [-0.39, 0.29) is 0 Å². The van der Waals surface area contributed by atoms with Gasteiger partial charge in [-0.2, -0.15) is 0 Å². The summed E-state index contributed by atoms with van der Waals surface area (Å²) in [6.45, 7) is 1.62. The minimum absolute atomic E-state index is 0.447. The highest BCUT2D eigenvalue weighted by molar-refractivity contribution is 5.66. The number of nitrogens with one attached hydrogen (secondary N) is 1. The van der Waals surface area contributed by atoms with Crippen LogP contribution in [0.5, 0.6) is 11.5 Å². The quantitative estimate of drug-likeness (QED) is 0.845. The van der Waals surface area contributed by atoms with Crippen molar-refractivity contribution < 1.29 is 14.2 Å². The average Bonchev–Trinajstić information content (AvgIpc) is 3.54. The van der Waals surface area contributed by atoms with Crippen LogP contribution in [0.25, 0.3) is 0 Å². The van der Waals surface area contributed by atoms with Gasteiger partial charge in [0.2, 0.25) is 0 Å². The van der Waals surface area contributed by atoms with E-state index < -0.39 is 0 Å². The van der Waals surface area contributed by atoms with Crippen LogP contribution < -0.4 is 14.8 Å². The van der Waals surface area contributed by atoms with Crippen LogP contribution in [-0.4, -0.2) is 37.4 Å². The second-order valence-corrected chi connectivity index (χ2v) is 6.89. The lowest BCUT2D eigenvalue weighted by atomic mass is 9.96. The summed E-state index contributed by atoms with van der Waals surface area (Å²) < 4.78 is 16.3. The molecule has 2 aliphatic rings. The summed E-state index contributed by atoms with van der Waals surface area (Å²) in [5.74, 6) is 4.23. The number of hydrogen-bond donors (Lipinski definition) is 1. The summed E-state index contributed by atoms with van der Waals surface area (Å²) >= 11 is 0. The number of nitrogens with zero attached hydrogens (tertiary/aromatic N) is 2. The van der Waals surface area contributed by atoms with Gasteiger partial charge in [0.05, 0.1) is 19.9 Å². The van der Waals surface area contributed by atoms with Crippen molar-refractivity contribution in [2.45, 2.75) is 37.5 Å². The van der Waals surface area contributed by atoms with E-state index in [1.54, 1.807) is 14.2 Å². The molecule has 0 radical (unpaired) electrons. The van der Waals surface area contributed by atoms with E-state index in [0.29, 0.717) is 11.8 Å². The molecule has 6 heteroatoms. The highest BCUT2D eigenvalue weighted by Crippen LogP contribution is 2.40. The molecule has 2 heterocycles. The molecule has 2 aromatic rings. The maximum absolute atomic E-state index is 5.50. The predicted octanol–water partition coefficient (Wildman–Crippen LogP) is 4.01. The lowest BCUT2D eigenvalue weighted by Crippen LogP contribution is -2.16. The molecular formula is C20H25N3O3. The van der Waals surface area contributed by atoms with Gasteiger partial charge < -0.3 is 19.5 Å². The Balaban J connectivity index is 1.64. The molecule has 0 amide bonds. The summed E-state index contributed by atoms with van der Waals surface area (Å²) in [5, 5.41) is 3.41. The molecule has 0 spiro atoms. The first kappa shape index (κ1) is 17.1.